The van der Waals surface area contributed by atoms with Gasteiger partial charge in [-0.2, -0.15) is 0 Å². The molecule has 0 aliphatic heterocycles. The molecule has 0 bridgehead atoms. The Hall–Kier alpha value is -2.87. The molecule has 0 aromatic heterocycles. The maximum absolute atomic E-state index is 12.9. The van der Waals surface area contributed by atoms with E-state index in [4.69, 9.17) is 0 Å². The van der Waals surface area contributed by atoms with Crippen molar-refractivity contribution in [1.29, 1.82) is 0 Å². The summed E-state index contributed by atoms with van der Waals surface area (Å²) in [5, 5.41) is 5.49. The van der Waals surface area contributed by atoms with Gasteiger partial charge in [0.1, 0.15) is 6.04 Å². The average molecular weight is 432 g/mol. The summed E-state index contributed by atoms with van der Waals surface area (Å²) in [6, 6.07) is 12.6. The summed E-state index contributed by atoms with van der Waals surface area (Å²) in [4.78, 5) is 25.4. The molecule has 0 heterocycles. The van der Waals surface area contributed by atoms with Crippen molar-refractivity contribution >= 4 is 33.2 Å². The number of para-hydroxylation sites is 1. The minimum atomic E-state index is -3.72. The van der Waals surface area contributed by atoms with E-state index in [-0.39, 0.29) is 11.9 Å². The number of hydrogen-bond acceptors (Lipinski definition) is 4. The highest BCUT2D eigenvalue weighted by molar-refractivity contribution is 7.92. The molecule has 2 rings (SSSR count). The number of amides is 2. The Morgan fingerprint density at radius 2 is 1.60 bits per heavy atom. The van der Waals surface area contributed by atoms with E-state index in [1.165, 1.54) is 6.92 Å². The third-order valence-electron chi connectivity index (χ3n) is 4.54. The zero-order valence-electron chi connectivity index (χ0n) is 18.0. The van der Waals surface area contributed by atoms with Gasteiger partial charge in [-0.25, -0.2) is 8.42 Å². The van der Waals surface area contributed by atoms with Crippen molar-refractivity contribution in [2.75, 3.05) is 15.9 Å². The summed E-state index contributed by atoms with van der Waals surface area (Å²) < 4.78 is 26.0. The maximum atomic E-state index is 12.9. The fourth-order valence-corrected chi connectivity index (χ4v) is 4.23. The number of hydrogen-bond donors (Lipinski definition) is 2. The Labute approximate surface area is 178 Å². The second-order valence-corrected chi connectivity index (χ2v) is 9.28. The van der Waals surface area contributed by atoms with Crippen molar-refractivity contribution in [3.05, 3.63) is 59.7 Å². The van der Waals surface area contributed by atoms with Gasteiger partial charge in [-0.3, -0.25) is 13.9 Å². The Morgan fingerprint density at radius 1 is 1.00 bits per heavy atom. The molecule has 1 atom stereocenters. The quantitative estimate of drug-likeness (QED) is 0.671. The number of nitrogens with zero attached hydrogens (tertiary/aromatic N) is 1. The molecule has 0 aliphatic rings. The first-order chi connectivity index (χ1) is 14.0. The highest BCUT2D eigenvalue weighted by Crippen LogP contribution is 2.23. The van der Waals surface area contributed by atoms with Gasteiger partial charge in [0.05, 0.1) is 23.2 Å². The Bertz CT molecular complexity index is 1000. The molecule has 2 aromatic carbocycles. The maximum Gasteiger partial charge on any atom is 0.253 e. The molecule has 7 nitrogen and oxygen atoms in total. The van der Waals surface area contributed by atoms with Crippen LogP contribution in [0.3, 0.4) is 0 Å². The minimum Gasteiger partial charge on any atom is -0.350 e. The van der Waals surface area contributed by atoms with Crippen LogP contribution in [0.4, 0.5) is 11.4 Å². The molecule has 0 saturated heterocycles. The number of carbonyl (C=O) groups is 2. The molecular weight excluding hydrogens is 402 g/mol. The highest BCUT2D eigenvalue weighted by Gasteiger charge is 2.29. The minimum absolute atomic E-state index is 0.0630. The zero-order valence-corrected chi connectivity index (χ0v) is 18.8. The lowest BCUT2D eigenvalue weighted by molar-refractivity contribution is -0.116. The summed E-state index contributed by atoms with van der Waals surface area (Å²) in [5.41, 5.74) is 2.10. The van der Waals surface area contributed by atoms with Crippen molar-refractivity contribution < 1.29 is 18.0 Å². The van der Waals surface area contributed by atoms with Crippen LogP contribution in [0.2, 0.25) is 0 Å². The van der Waals surface area contributed by atoms with Crippen LogP contribution < -0.4 is 14.9 Å². The van der Waals surface area contributed by atoms with Crippen LogP contribution >= 0.6 is 0 Å². The van der Waals surface area contributed by atoms with Gasteiger partial charge in [0.15, 0.2) is 0 Å². The van der Waals surface area contributed by atoms with Gasteiger partial charge >= 0.3 is 0 Å². The molecule has 0 radical (unpaired) electrons. The molecular formula is C22H29N3O4S. The molecule has 0 saturated carbocycles. The molecule has 8 heteroatoms. The SMILES string of the molecule is CCc1ccc(N([C@@H](C)C(=O)Nc2ccccc2C(=O)NC(C)C)S(C)(=O)=O)cc1. The van der Waals surface area contributed by atoms with E-state index in [1.807, 2.05) is 32.9 Å². The van der Waals surface area contributed by atoms with Crippen LogP contribution in [0.25, 0.3) is 0 Å². The van der Waals surface area contributed by atoms with Crippen LogP contribution in [-0.2, 0) is 21.2 Å². The summed E-state index contributed by atoms with van der Waals surface area (Å²) in [7, 11) is -3.72. The molecule has 162 valence electrons. The molecule has 0 spiro atoms. The third kappa shape index (κ3) is 5.82. The summed E-state index contributed by atoms with van der Waals surface area (Å²) in [6.07, 6.45) is 1.89. The van der Waals surface area contributed by atoms with Crippen LogP contribution in [0.5, 0.6) is 0 Å². The lowest BCUT2D eigenvalue weighted by atomic mass is 10.1. The number of benzene rings is 2. The number of aryl methyl sites for hydroxylation is 1. The third-order valence-corrected chi connectivity index (χ3v) is 5.78. The van der Waals surface area contributed by atoms with Crippen LogP contribution in [0.1, 0.15) is 43.6 Å². The largest absolute Gasteiger partial charge is 0.350 e. The topological polar surface area (TPSA) is 95.6 Å². The van der Waals surface area contributed by atoms with Gasteiger partial charge in [0.25, 0.3) is 5.91 Å². The number of carbonyl (C=O) groups excluding carboxylic acids is 2. The van der Waals surface area contributed by atoms with Gasteiger partial charge in [-0.05, 0) is 57.0 Å². The van der Waals surface area contributed by atoms with E-state index < -0.39 is 22.0 Å². The Kier molecular flexibility index (Phi) is 7.61. The van der Waals surface area contributed by atoms with Crippen molar-refractivity contribution in [1.82, 2.24) is 5.32 Å². The predicted octanol–water partition coefficient (Wildman–Crippen LogP) is 3.18. The molecule has 0 unspecified atom stereocenters. The Balaban J connectivity index is 2.31. The van der Waals surface area contributed by atoms with Gasteiger partial charge in [0.2, 0.25) is 15.9 Å². The van der Waals surface area contributed by atoms with Crippen molar-refractivity contribution in [2.45, 2.75) is 46.2 Å². The first-order valence-electron chi connectivity index (χ1n) is 9.83. The predicted molar refractivity (Wildman–Crippen MR) is 120 cm³/mol. The van der Waals surface area contributed by atoms with Gasteiger partial charge in [-0.15, -0.1) is 0 Å². The van der Waals surface area contributed by atoms with Gasteiger partial charge < -0.3 is 10.6 Å². The molecule has 0 aliphatic carbocycles. The van der Waals surface area contributed by atoms with Gasteiger partial charge in [-0.1, -0.05) is 31.2 Å². The first-order valence-corrected chi connectivity index (χ1v) is 11.7. The molecule has 2 amide bonds. The molecule has 2 aromatic rings. The average Bonchev–Trinajstić information content (AvgIpc) is 2.67. The van der Waals surface area contributed by atoms with Crippen LogP contribution in [-0.4, -0.2) is 38.6 Å². The van der Waals surface area contributed by atoms with E-state index >= 15 is 0 Å². The van der Waals surface area contributed by atoms with E-state index in [2.05, 4.69) is 10.6 Å². The fraction of sp³-hybridized carbons (Fsp3) is 0.364. The summed E-state index contributed by atoms with van der Waals surface area (Å²) >= 11 is 0. The zero-order chi connectivity index (χ0) is 22.5. The lowest BCUT2D eigenvalue weighted by Gasteiger charge is -2.28. The van der Waals surface area contributed by atoms with Crippen LogP contribution in [0, 0.1) is 0 Å². The summed E-state index contributed by atoms with van der Waals surface area (Å²) in [6.45, 7) is 7.21. The first kappa shape index (κ1) is 23.4. The lowest BCUT2D eigenvalue weighted by Crippen LogP contribution is -2.45. The summed E-state index contributed by atoms with van der Waals surface area (Å²) in [5.74, 6) is -0.853. The fourth-order valence-electron chi connectivity index (χ4n) is 3.05. The number of nitrogens with one attached hydrogen (secondary N) is 2. The van der Waals surface area contributed by atoms with Crippen LogP contribution in [0.15, 0.2) is 48.5 Å². The normalized spacial score (nSPS) is 12.3. The second-order valence-electron chi connectivity index (χ2n) is 7.42. The number of anilines is 2. The molecule has 0 fully saturated rings. The van der Waals surface area contributed by atoms with E-state index in [1.54, 1.807) is 36.4 Å². The number of sulfonamides is 1. The monoisotopic (exact) mass is 431 g/mol. The number of rotatable bonds is 8. The standard InChI is InChI=1S/C22H29N3O4S/c1-6-17-11-13-18(14-12-17)25(30(5,28)29)16(4)21(26)24-20-10-8-7-9-19(20)22(27)23-15(2)3/h7-16H,6H2,1-5H3,(H,23,27)(H,24,26)/t16-/m0/s1. The van der Waals surface area contributed by atoms with E-state index in [0.717, 1.165) is 22.5 Å². The molecule has 30 heavy (non-hydrogen) atoms. The Morgan fingerprint density at radius 3 is 2.13 bits per heavy atom. The molecule has 2 N–H and O–H groups in total. The highest BCUT2D eigenvalue weighted by atomic mass is 32.2. The van der Waals surface area contributed by atoms with Gasteiger partial charge in [0, 0.05) is 6.04 Å². The second kappa shape index (κ2) is 9.75. The van der Waals surface area contributed by atoms with E-state index in [9.17, 15) is 18.0 Å². The van der Waals surface area contributed by atoms with Crippen molar-refractivity contribution in [2.24, 2.45) is 0 Å². The van der Waals surface area contributed by atoms with Crippen molar-refractivity contribution in [3.8, 4) is 0 Å². The van der Waals surface area contributed by atoms with E-state index in [0.29, 0.717) is 16.9 Å². The smallest absolute Gasteiger partial charge is 0.253 e. The van der Waals surface area contributed by atoms with Crippen molar-refractivity contribution in [3.63, 3.8) is 0 Å².